The molecule has 1 aliphatic rings. The van der Waals surface area contributed by atoms with Crippen LogP contribution in [0.5, 0.6) is 0 Å². The molecule has 1 heterocycles. The summed E-state index contributed by atoms with van der Waals surface area (Å²) in [5.74, 6) is -1.23. The summed E-state index contributed by atoms with van der Waals surface area (Å²) < 4.78 is 0. The van der Waals surface area contributed by atoms with Crippen molar-refractivity contribution in [3.05, 3.63) is 0 Å². The van der Waals surface area contributed by atoms with Gasteiger partial charge in [-0.15, -0.1) is 0 Å². The molecule has 0 bridgehead atoms. The Hall–Kier alpha value is -1.30. The average Bonchev–Trinajstić information content (AvgIpc) is 2.42. The highest BCUT2D eigenvalue weighted by Crippen LogP contribution is 2.16. The Labute approximate surface area is 127 Å². The minimum absolute atomic E-state index is 0.145. The van der Waals surface area contributed by atoms with Crippen molar-refractivity contribution in [3.63, 3.8) is 0 Å². The molecule has 0 radical (unpaired) electrons. The summed E-state index contributed by atoms with van der Waals surface area (Å²) in [6, 6.07) is 0.731. The Morgan fingerprint density at radius 1 is 1.29 bits per heavy atom. The lowest BCUT2D eigenvalue weighted by Crippen LogP contribution is -2.49. The smallest absolute Gasteiger partial charge is 0.317 e. The van der Waals surface area contributed by atoms with Gasteiger partial charge in [-0.25, -0.2) is 4.79 Å². The highest BCUT2D eigenvalue weighted by Gasteiger charge is 2.28. The fourth-order valence-corrected chi connectivity index (χ4v) is 2.88. The van der Waals surface area contributed by atoms with Crippen LogP contribution in [-0.4, -0.2) is 65.2 Å². The predicted molar refractivity (Wildman–Crippen MR) is 82.3 cm³/mol. The summed E-state index contributed by atoms with van der Waals surface area (Å²) in [7, 11) is 0. The molecule has 0 aliphatic carbocycles. The number of carbonyl (C=O) groups excluding carboxylic acids is 1. The fraction of sp³-hybridized carbons (Fsp3) is 0.867. The summed E-state index contributed by atoms with van der Waals surface area (Å²) in [6.07, 6.45) is 1.42. The molecule has 0 aromatic rings. The van der Waals surface area contributed by atoms with E-state index in [1.54, 1.807) is 4.90 Å². The van der Waals surface area contributed by atoms with E-state index >= 15 is 0 Å². The first-order chi connectivity index (χ1) is 9.82. The maximum absolute atomic E-state index is 12.1. The Balaban J connectivity index is 2.38. The molecular formula is C15H29N3O3. The second-order valence-electron chi connectivity index (χ2n) is 6.28. The molecule has 6 nitrogen and oxygen atoms in total. The van der Waals surface area contributed by atoms with Gasteiger partial charge in [-0.05, 0) is 40.5 Å². The van der Waals surface area contributed by atoms with Crippen LogP contribution in [0.25, 0.3) is 0 Å². The summed E-state index contributed by atoms with van der Waals surface area (Å²) in [5.41, 5.74) is 0. The quantitative estimate of drug-likeness (QED) is 0.781. The minimum Gasteiger partial charge on any atom is -0.481 e. The largest absolute Gasteiger partial charge is 0.481 e. The molecule has 0 saturated carbocycles. The number of carboxylic acids is 1. The second kappa shape index (κ2) is 8.22. The van der Waals surface area contributed by atoms with Gasteiger partial charge in [0.15, 0.2) is 0 Å². The van der Waals surface area contributed by atoms with E-state index in [1.165, 1.54) is 0 Å². The number of aliphatic carboxylic acids is 1. The molecule has 122 valence electrons. The zero-order valence-electron chi connectivity index (χ0n) is 13.6. The molecule has 0 aromatic carbocycles. The lowest BCUT2D eigenvalue weighted by Gasteiger charge is -2.32. The normalized spacial score (nSPS) is 19.4. The van der Waals surface area contributed by atoms with Gasteiger partial charge in [0.1, 0.15) is 0 Å². The number of hydrogen-bond acceptors (Lipinski definition) is 3. The van der Waals surface area contributed by atoms with Crippen molar-refractivity contribution in [1.29, 1.82) is 0 Å². The van der Waals surface area contributed by atoms with Gasteiger partial charge in [0.25, 0.3) is 0 Å². The number of amides is 2. The van der Waals surface area contributed by atoms with Gasteiger partial charge < -0.3 is 15.3 Å². The van der Waals surface area contributed by atoms with Crippen LogP contribution in [0.1, 0.15) is 40.5 Å². The third-order valence-electron chi connectivity index (χ3n) is 4.03. The first-order valence-electron chi connectivity index (χ1n) is 7.84. The van der Waals surface area contributed by atoms with Crippen LogP contribution >= 0.6 is 0 Å². The van der Waals surface area contributed by atoms with E-state index in [0.717, 1.165) is 13.0 Å². The van der Waals surface area contributed by atoms with E-state index < -0.39 is 11.9 Å². The average molecular weight is 299 g/mol. The fourth-order valence-electron chi connectivity index (χ4n) is 2.88. The molecule has 1 aliphatic heterocycles. The number of carbonyl (C=O) groups is 2. The van der Waals surface area contributed by atoms with Crippen LogP contribution < -0.4 is 5.32 Å². The van der Waals surface area contributed by atoms with E-state index in [1.807, 2.05) is 0 Å². The maximum atomic E-state index is 12.1. The maximum Gasteiger partial charge on any atom is 0.317 e. The molecule has 2 amide bonds. The second-order valence-corrected chi connectivity index (χ2v) is 6.28. The van der Waals surface area contributed by atoms with Crippen molar-refractivity contribution in [2.24, 2.45) is 5.92 Å². The Kier molecular flexibility index (Phi) is 6.95. The number of carboxylic acid groups (broad SMARTS) is 1. The summed E-state index contributed by atoms with van der Waals surface area (Å²) in [6.45, 7) is 10.9. The van der Waals surface area contributed by atoms with Gasteiger partial charge in [-0.1, -0.05) is 0 Å². The van der Waals surface area contributed by atoms with Crippen molar-refractivity contribution in [2.45, 2.75) is 52.6 Å². The highest BCUT2D eigenvalue weighted by molar-refractivity contribution is 5.76. The lowest BCUT2D eigenvalue weighted by molar-refractivity contribution is -0.143. The number of nitrogens with one attached hydrogen (secondary N) is 1. The van der Waals surface area contributed by atoms with Gasteiger partial charge in [0.05, 0.1) is 5.92 Å². The van der Waals surface area contributed by atoms with Crippen LogP contribution in [0.4, 0.5) is 4.79 Å². The van der Waals surface area contributed by atoms with Crippen LogP contribution in [0.3, 0.4) is 0 Å². The van der Waals surface area contributed by atoms with Crippen molar-refractivity contribution in [2.75, 3.05) is 26.2 Å². The van der Waals surface area contributed by atoms with E-state index in [4.69, 9.17) is 5.11 Å². The molecule has 2 N–H and O–H groups in total. The zero-order chi connectivity index (χ0) is 16.0. The molecule has 1 saturated heterocycles. The van der Waals surface area contributed by atoms with E-state index in [2.05, 4.69) is 37.9 Å². The highest BCUT2D eigenvalue weighted by atomic mass is 16.4. The van der Waals surface area contributed by atoms with Crippen molar-refractivity contribution >= 4 is 12.0 Å². The first kappa shape index (κ1) is 17.8. The van der Waals surface area contributed by atoms with Crippen molar-refractivity contribution in [1.82, 2.24) is 15.1 Å². The molecule has 6 heteroatoms. The summed E-state index contributed by atoms with van der Waals surface area (Å²) in [4.78, 5) is 27.0. The predicted octanol–water partition coefficient (Wildman–Crippen LogP) is 1.61. The van der Waals surface area contributed by atoms with Crippen LogP contribution in [-0.2, 0) is 4.79 Å². The number of piperidine rings is 1. The zero-order valence-corrected chi connectivity index (χ0v) is 13.6. The SMILES string of the molecule is CC(C)N(CCNC(=O)N1CCC[C@@H](C(=O)O)C1)C(C)C. The van der Waals surface area contributed by atoms with Gasteiger partial charge in [-0.3, -0.25) is 9.69 Å². The molecule has 1 rings (SSSR count). The summed E-state index contributed by atoms with van der Waals surface area (Å²) >= 11 is 0. The van der Waals surface area contributed by atoms with Crippen LogP contribution in [0.2, 0.25) is 0 Å². The van der Waals surface area contributed by atoms with Gasteiger partial charge in [0.2, 0.25) is 0 Å². The third-order valence-corrected chi connectivity index (χ3v) is 4.03. The number of urea groups is 1. The van der Waals surface area contributed by atoms with Crippen LogP contribution in [0, 0.1) is 5.92 Å². The monoisotopic (exact) mass is 299 g/mol. The molecule has 0 unspecified atom stereocenters. The number of rotatable bonds is 6. The van der Waals surface area contributed by atoms with E-state index in [-0.39, 0.29) is 6.03 Å². The van der Waals surface area contributed by atoms with Gasteiger partial charge >= 0.3 is 12.0 Å². The Bertz CT molecular complexity index is 350. The molecule has 0 aromatic heterocycles. The Morgan fingerprint density at radius 2 is 1.90 bits per heavy atom. The van der Waals surface area contributed by atoms with Gasteiger partial charge in [0, 0.05) is 38.3 Å². The van der Waals surface area contributed by atoms with Crippen molar-refractivity contribution < 1.29 is 14.7 Å². The first-order valence-corrected chi connectivity index (χ1v) is 7.84. The van der Waals surface area contributed by atoms with Gasteiger partial charge in [-0.2, -0.15) is 0 Å². The van der Waals surface area contributed by atoms with Crippen molar-refractivity contribution in [3.8, 4) is 0 Å². The molecule has 21 heavy (non-hydrogen) atoms. The lowest BCUT2D eigenvalue weighted by atomic mass is 9.99. The summed E-state index contributed by atoms with van der Waals surface area (Å²) in [5, 5.41) is 11.9. The van der Waals surface area contributed by atoms with E-state index in [0.29, 0.717) is 38.1 Å². The number of nitrogens with zero attached hydrogens (tertiary/aromatic N) is 2. The molecule has 0 spiro atoms. The molecule has 1 fully saturated rings. The number of likely N-dealkylation sites (tertiary alicyclic amines) is 1. The standard InChI is InChI=1S/C15H29N3O3/c1-11(2)18(12(3)4)9-7-16-15(21)17-8-5-6-13(10-17)14(19)20/h11-13H,5-10H2,1-4H3,(H,16,21)(H,19,20)/t13-/m1/s1. The van der Waals surface area contributed by atoms with E-state index in [9.17, 15) is 9.59 Å². The topological polar surface area (TPSA) is 72.9 Å². The Morgan fingerprint density at radius 3 is 2.43 bits per heavy atom. The third kappa shape index (κ3) is 5.53. The minimum atomic E-state index is -0.807. The van der Waals surface area contributed by atoms with Crippen LogP contribution in [0.15, 0.2) is 0 Å². The molecular weight excluding hydrogens is 270 g/mol. The number of hydrogen-bond donors (Lipinski definition) is 2. The molecule has 1 atom stereocenters.